The fourth-order valence-corrected chi connectivity index (χ4v) is 2.64. The lowest BCUT2D eigenvalue weighted by Crippen LogP contribution is -2.10. The van der Waals surface area contributed by atoms with Crippen molar-refractivity contribution in [2.75, 3.05) is 5.32 Å². The summed E-state index contributed by atoms with van der Waals surface area (Å²) in [5.41, 5.74) is 0. The molecule has 1 aromatic heterocycles. The van der Waals surface area contributed by atoms with Gasteiger partial charge in [0.2, 0.25) is 9.47 Å². The second kappa shape index (κ2) is 3.63. The number of aromatic nitrogens is 2. The number of hydrogen-bond acceptors (Lipinski definition) is 6. The van der Waals surface area contributed by atoms with Crippen molar-refractivity contribution in [3.8, 4) is 0 Å². The van der Waals surface area contributed by atoms with E-state index in [4.69, 9.17) is 0 Å². The molecule has 0 bridgehead atoms. The van der Waals surface area contributed by atoms with Gasteiger partial charge >= 0.3 is 5.76 Å². The molecule has 1 aliphatic carbocycles. The SMILES string of the molecule is O=S(=O)(c1nnc(NC2CC2)s1)C(F)F. The Labute approximate surface area is 88.4 Å². The largest absolute Gasteiger partial charge is 0.357 e. The van der Waals surface area contributed by atoms with E-state index in [0.29, 0.717) is 11.3 Å². The highest BCUT2D eigenvalue weighted by Gasteiger charge is 2.31. The van der Waals surface area contributed by atoms with Gasteiger partial charge < -0.3 is 5.32 Å². The summed E-state index contributed by atoms with van der Waals surface area (Å²) in [5.74, 6) is -3.45. The molecule has 0 saturated heterocycles. The Hall–Kier alpha value is -0.830. The third-order valence-electron chi connectivity index (χ3n) is 1.79. The standard InChI is InChI=1S/C6H7F2N3O2S2/c7-4(8)15(12,13)6-11-10-5(14-6)9-3-1-2-3/h3-4H,1-2H2,(H,9,10). The van der Waals surface area contributed by atoms with Crippen molar-refractivity contribution in [3.63, 3.8) is 0 Å². The first-order valence-electron chi connectivity index (χ1n) is 4.12. The van der Waals surface area contributed by atoms with Crippen LogP contribution >= 0.6 is 11.3 Å². The smallest absolute Gasteiger partial charge is 0.343 e. The average molecular weight is 255 g/mol. The highest BCUT2D eigenvalue weighted by molar-refractivity contribution is 7.93. The molecular formula is C6H7F2N3O2S2. The molecule has 1 N–H and O–H groups in total. The van der Waals surface area contributed by atoms with E-state index in [-0.39, 0.29) is 11.2 Å². The van der Waals surface area contributed by atoms with Gasteiger partial charge in [-0.05, 0) is 12.8 Å². The molecule has 1 aromatic rings. The maximum Gasteiger partial charge on any atom is 0.343 e. The van der Waals surface area contributed by atoms with Gasteiger partial charge in [-0.1, -0.05) is 11.3 Å². The number of halogens is 2. The molecule has 84 valence electrons. The Bertz CT molecular complexity index is 455. The van der Waals surface area contributed by atoms with Crippen molar-refractivity contribution >= 4 is 26.3 Å². The molecule has 1 saturated carbocycles. The lowest BCUT2D eigenvalue weighted by Gasteiger charge is -1.96. The van der Waals surface area contributed by atoms with E-state index in [1.165, 1.54) is 0 Å². The van der Waals surface area contributed by atoms with Gasteiger partial charge in [0.25, 0.3) is 9.84 Å². The van der Waals surface area contributed by atoms with Crippen LogP contribution in [0.25, 0.3) is 0 Å². The summed E-state index contributed by atoms with van der Waals surface area (Å²) in [6.07, 6.45) is 1.97. The molecule has 9 heteroatoms. The fraction of sp³-hybridized carbons (Fsp3) is 0.667. The second-order valence-corrected chi connectivity index (χ2v) is 6.17. The molecule has 0 radical (unpaired) electrons. The average Bonchev–Trinajstić information content (AvgIpc) is 2.81. The van der Waals surface area contributed by atoms with Gasteiger partial charge in [-0.3, -0.25) is 0 Å². The van der Waals surface area contributed by atoms with Gasteiger partial charge in [-0.25, -0.2) is 8.42 Å². The van der Waals surface area contributed by atoms with E-state index in [2.05, 4.69) is 15.5 Å². The Morgan fingerprint density at radius 1 is 1.40 bits per heavy atom. The Morgan fingerprint density at radius 3 is 2.60 bits per heavy atom. The molecule has 0 spiro atoms. The zero-order valence-electron chi connectivity index (χ0n) is 7.35. The summed E-state index contributed by atoms with van der Waals surface area (Å²) in [6, 6.07) is 0.278. The topological polar surface area (TPSA) is 72.0 Å². The minimum absolute atomic E-state index is 0.275. The van der Waals surface area contributed by atoms with Crippen LogP contribution in [0.3, 0.4) is 0 Å². The maximum atomic E-state index is 12.1. The summed E-state index contributed by atoms with van der Waals surface area (Å²) in [4.78, 5) is 0. The fourth-order valence-electron chi connectivity index (χ4n) is 0.862. The highest BCUT2D eigenvalue weighted by Crippen LogP contribution is 2.29. The van der Waals surface area contributed by atoms with Gasteiger partial charge in [0.15, 0.2) is 0 Å². The highest BCUT2D eigenvalue weighted by atomic mass is 32.2. The van der Waals surface area contributed by atoms with Crippen LogP contribution in [0, 0.1) is 0 Å². The first kappa shape index (κ1) is 10.7. The third-order valence-corrected chi connectivity index (χ3v) is 4.42. The van der Waals surface area contributed by atoms with Crippen LogP contribution in [0.4, 0.5) is 13.9 Å². The van der Waals surface area contributed by atoms with Crippen LogP contribution in [0.1, 0.15) is 12.8 Å². The number of hydrogen-bond donors (Lipinski definition) is 1. The van der Waals surface area contributed by atoms with Crippen molar-refractivity contribution in [2.24, 2.45) is 0 Å². The third kappa shape index (κ3) is 2.23. The molecule has 0 aliphatic heterocycles. The molecule has 2 rings (SSSR count). The number of sulfone groups is 1. The summed E-state index contributed by atoms with van der Waals surface area (Å²) >= 11 is 0.635. The summed E-state index contributed by atoms with van der Waals surface area (Å²) in [5, 5.41) is 9.88. The van der Waals surface area contributed by atoms with E-state index in [1.54, 1.807) is 0 Å². The van der Waals surface area contributed by atoms with Gasteiger partial charge in [0.05, 0.1) is 0 Å². The Kier molecular flexibility index (Phi) is 2.59. The zero-order valence-corrected chi connectivity index (χ0v) is 8.99. The van der Waals surface area contributed by atoms with Gasteiger partial charge in [-0.2, -0.15) is 8.78 Å². The van der Waals surface area contributed by atoms with E-state index in [9.17, 15) is 17.2 Å². The van der Waals surface area contributed by atoms with Gasteiger partial charge in [0.1, 0.15) is 0 Å². The quantitative estimate of drug-likeness (QED) is 0.872. The summed E-state index contributed by atoms with van der Waals surface area (Å²) in [6.45, 7) is 0. The van der Waals surface area contributed by atoms with Crippen LogP contribution in [0.15, 0.2) is 4.34 Å². The molecular weight excluding hydrogens is 248 g/mol. The molecule has 1 heterocycles. The first-order valence-corrected chi connectivity index (χ1v) is 6.48. The number of nitrogens with one attached hydrogen (secondary N) is 1. The second-order valence-electron chi connectivity index (χ2n) is 3.10. The molecule has 5 nitrogen and oxygen atoms in total. The van der Waals surface area contributed by atoms with Gasteiger partial charge in [0, 0.05) is 6.04 Å². The molecule has 0 atom stereocenters. The van der Waals surface area contributed by atoms with Crippen molar-refractivity contribution in [3.05, 3.63) is 0 Å². The Balaban J connectivity index is 2.18. The van der Waals surface area contributed by atoms with Crippen molar-refractivity contribution in [1.82, 2.24) is 10.2 Å². The predicted molar refractivity (Wildman–Crippen MR) is 49.7 cm³/mol. The maximum absolute atomic E-state index is 12.1. The van der Waals surface area contributed by atoms with Crippen LogP contribution in [0.2, 0.25) is 0 Å². The van der Waals surface area contributed by atoms with E-state index >= 15 is 0 Å². The number of nitrogens with zero attached hydrogens (tertiary/aromatic N) is 2. The van der Waals surface area contributed by atoms with Crippen molar-refractivity contribution < 1.29 is 17.2 Å². The van der Waals surface area contributed by atoms with Crippen molar-refractivity contribution in [2.45, 2.75) is 29.0 Å². The first-order chi connectivity index (χ1) is 7.00. The molecule has 1 fully saturated rings. The molecule has 0 unspecified atom stereocenters. The molecule has 15 heavy (non-hydrogen) atoms. The zero-order chi connectivity index (χ0) is 11.1. The molecule has 0 amide bonds. The van der Waals surface area contributed by atoms with E-state index in [0.717, 1.165) is 12.8 Å². The lowest BCUT2D eigenvalue weighted by molar-refractivity contribution is 0.234. The number of anilines is 1. The van der Waals surface area contributed by atoms with Crippen molar-refractivity contribution in [1.29, 1.82) is 0 Å². The minimum Gasteiger partial charge on any atom is -0.357 e. The summed E-state index contributed by atoms with van der Waals surface area (Å²) < 4.78 is 45.5. The van der Waals surface area contributed by atoms with Crippen LogP contribution in [-0.4, -0.2) is 30.4 Å². The monoisotopic (exact) mass is 255 g/mol. The van der Waals surface area contributed by atoms with Crippen LogP contribution in [0.5, 0.6) is 0 Å². The number of rotatable bonds is 4. The summed E-state index contributed by atoms with van der Waals surface area (Å²) in [7, 11) is -4.60. The molecule has 0 aromatic carbocycles. The molecule has 1 aliphatic rings. The normalized spacial score (nSPS) is 17.0. The minimum atomic E-state index is -4.60. The van der Waals surface area contributed by atoms with E-state index < -0.39 is 19.9 Å². The Morgan fingerprint density at radius 2 is 2.07 bits per heavy atom. The number of alkyl halides is 2. The lowest BCUT2D eigenvalue weighted by atomic mass is 10.7. The van der Waals surface area contributed by atoms with Gasteiger partial charge in [-0.15, -0.1) is 10.2 Å². The predicted octanol–water partition coefficient (Wildman–Crippen LogP) is 1.11. The van der Waals surface area contributed by atoms with Crippen LogP contribution in [-0.2, 0) is 9.84 Å². The van der Waals surface area contributed by atoms with E-state index in [1.807, 2.05) is 0 Å². The van der Waals surface area contributed by atoms with Crippen LogP contribution < -0.4 is 5.32 Å².